The molecule has 2 aromatic rings. The number of amides is 1. The predicted octanol–water partition coefficient (Wildman–Crippen LogP) is 2.76. The van der Waals surface area contributed by atoms with E-state index in [1.165, 1.54) is 24.7 Å². The van der Waals surface area contributed by atoms with Crippen molar-refractivity contribution in [3.63, 3.8) is 0 Å². The van der Waals surface area contributed by atoms with Crippen molar-refractivity contribution in [1.82, 2.24) is 5.48 Å². The second kappa shape index (κ2) is 9.35. The minimum atomic E-state index is -3.71. The molecule has 0 aliphatic carbocycles. The lowest BCUT2D eigenvalue weighted by molar-refractivity contribution is -0.129. The Hall–Kier alpha value is -2.38. The molecule has 0 heterocycles. The average Bonchev–Trinajstić information content (AvgIpc) is 2.67. The summed E-state index contributed by atoms with van der Waals surface area (Å²) in [5.74, 6) is -0.163. The van der Waals surface area contributed by atoms with E-state index in [1.807, 2.05) is 30.3 Å². The Kier molecular flexibility index (Phi) is 7.17. The average molecular weight is 377 g/mol. The smallest absolute Gasteiger partial charge is 0.244 e. The molecule has 140 valence electrons. The first-order valence-electron chi connectivity index (χ1n) is 8.32. The Morgan fingerprint density at radius 2 is 1.77 bits per heavy atom. The number of hydrogen-bond acceptors (Lipinski definition) is 5. The summed E-state index contributed by atoms with van der Waals surface area (Å²) in [5, 5.41) is 7.87. The first-order chi connectivity index (χ1) is 12.5. The molecule has 0 saturated heterocycles. The first kappa shape index (κ1) is 19.9. The van der Waals surface area contributed by atoms with Crippen molar-refractivity contribution in [1.29, 1.82) is 0 Å². The van der Waals surface area contributed by atoms with E-state index in [1.54, 1.807) is 12.1 Å². The van der Waals surface area contributed by atoms with E-state index in [0.29, 0.717) is 18.6 Å². The van der Waals surface area contributed by atoms with Gasteiger partial charge in [0.15, 0.2) is 9.84 Å². The van der Waals surface area contributed by atoms with Crippen molar-refractivity contribution in [3.8, 4) is 5.75 Å². The van der Waals surface area contributed by atoms with E-state index in [0.717, 1.165) is 12.0 Å². The third-order valence-electron chi connectivity index (χ3n) is 4.20. The third kappa shape index (κ3) is 5.31. The van der Waals surface area contributed by atoms with Crippen molar-refractivity contribution in [2.45, 2.75) is 35.8 Å². The molecule has 0 aliphatic rings. The van der Waals surface area contributed by atoms with Crippen LogP contribution in [0.4, 0.5) is 0 Å². The van der Waals surface area contributed by atoms with Crippen LogP contribution in [-0.4, -0.2) is 31.9 Å². The van der Waals surface area contributed by atoms with E-state index in [-0.39, 0.29) is 11.3 Å². The normalized spacial score (nSPS) is 12.4. The largest absolute Gasteiger partial charge is 0.497 e. The number of carbonyl (C=O) groups is 1. The summed E-state index contributed by atoms with van der Waals surface area (Å²) in [6.45, 7) is 0. The monoisotopic (exact) mass is 377 g/mol. The summed E-state index contributed by atoms with van der Waals surface area (Å²) in [6, 6.07) is 15.8. The van der Waals surface area contributed by atoms with E-state index >= 15 is 0 Å². The van der Waals surface area contributed by atoms with Crippen molar-refractivity contribution in [2.24, 2.45) is 0 Å². The molecular weight excluding hydrogens is 354 g/mol. The topological polar surface area (TPSA) is 92.7 Å². The lowest BCUT2D eigenvalue weighted by Gasteiger charge is -2.17. The molecule has 0 radical (unpaired) electrons. The molecule has 2 N–H and O–H groups in total. The summed E-state index contributed by atoms with van der Waals surface area (Å²) in [6.07, 6.45) is 1.36. The van der Waals surface area contributed by atoms with E-state index in [9.17, 15) is 13.2 Å². The van der Waals surface area contributed by atoms with Gasteiger partial charge in [0.2, 0.25) is 5.91 Å². The summed E-state index contributed by atoms with van der Waals surface area (Å²) < 4.78 is 30.9. The van der Waals surface area contributed by atoms with Gasteiger partial charge in [-0.3, -0.25) is 10.0 Å². The van der Waals surface area contributed by atoms with Gasteiger partial charge in [0.1, 0.15) is 5.75 Å². The number of methoxy groups -OCH3 is 1. The van der Waals surface area contributed by atoms with Gasteiger partial charge in [-0.25, -0.2) is 13.9 Å². The Morgan fingerprint density at radius 3 is 2.35 bits per heavy atom. The lowest BCUT2D eigenvalue weighted by Crippen LogP contribution is -2.30. The number of benzene rings is 2. The summed E-state index contributed by atoms with van der Waals surface area (Å²) in [7, 11) is -2.21. The number of rotatable bonds is 9. The third-order valence-corrected chi connectivity index (χ3v) is 6.41. The van der Waals surface area contributed by atoms with Crippen molar-refractivity contribution in [3.05, 3.63) is 60.2 Å². The van der Waals surface area contributed by atoms with Gasteiger partial charge >= 0.3 is 0 Å². The van der Waals surface area contributed by atoms with Gasteiger partial charge in [-0.2, -0.15) is 0 Å². The van der Waals surface area contributed by atoms with Crippen LogP contribution in [0.15, 0.2) is 59.5 Å². The first-order valence-corrected chi connectivity index (χ1v) is 9.87. The molecule has 26 heavy (non-hydrogen) atoms. The van der Waals surface area contributed by atoms with Crippen LogP contribution in [-0.2, 0) is 21.1 Å². The highest BCUT2D eigenvalue weighted by molar-refractivity contribution is 7.92. The van der Waals surface area contributed by atoms with Crippen molar-refractivity contribution in [2.75, 3.05) is 7.11 Å². The zero-order chi connectivity index (χ0) is 19.0. The highest BCUT2D eigenvalue weighted by atomic mass is 32.2. The molecule has 1 amide bonds. The fraction of sp³-hybridized carbons (Fsp3) is 0.316. The highest BCUT2D eigenvalue weighted by Gasteiger charge is 2.29. The Bertz CT molecular complexity index is 804. The SMILES string of the molecule is COc1ccc(S(=O)(=O)[C@H](CCCc2ccccc2)CC(=O)NO)cc1. The lowest BCUT2D eigenvalue weighted by atomic mass is 10.1. The Balaban J connectivity index is 2.14. The second-order valence-electron chi connectivity index (χ2n) is 5.96. The molecular formula is C19H23NO5S. The predicted molar refractivity (Wildman–Crippen MR) is 97.9 cm³/mol. The van der Waals surface area contributed by atoms with Crippen LogP contribution in [0, 0.1) is 0 Å². The molecule has 2 aromatic carbocycles. The van der Waals surface area contributed by atoms with Gasteiger partial charge in [-0.1, -0.05) is 30.3 Å². The van der Waals surface area contributed by atoms with Crippen LogP contribution in [0.5, 0.6) is 5.75 Å². The van der Waals surface area contributed by atoms with Crippen molar-refractivity contribution >= 4 is 15.7 Å². The molecule has 0 aromatic heterocycles. The zero-order valence-corrected chi connectivity index (χ0v) is 15.4. The molecule has 0 bridgehead atoms. The number of hydroxylamine groups is 1. The number of nitrogens with one attached hydrogen (secondary N) is 1. The van der Waals surface area contributed by atoms with Crippen LogP contribution in [0.3, 0.4) is 0 Å². The standard InChI is InChI=1S/C19H23NO5S/c1-25-16-10-12-17(13-11-16)26(23,24)18(14-19(21)20-22)9-5-8-15-6-3-2-4-7-15/h2-4,6-7,10-13,18,22H,5,8-9,14H2,1H3,(H,20,21)/t18-/m1/s1. The van der Waals surface area contributed by atoms with Gasteiger partial charge in [0.25, 0.3) is 0 Å². The fourth-order valence-corrected chi connectivity index (χ4v) is 4.50. The maximum Gasteiger partial charge on any atom is 0.244 e. The quantitative estimate of drug-likeness (QED) is 0.518. The summed E-state index contributed by atoms with van der Waals surface area (Å²) in [5.41, 5.74) is 2.63. The molecule has 0 aliphatic heterocycles. The molecule has 0 fully saturated rings. The molecule has 7 heteroatoms. The number of hydrogen-bond donors (Lipinski definition) is 2. The van der Waals surface area contributed by atoms with E-state index in [4.69, 9.17) is 9.94 Å². The van der Waals surface area contributed by atoms with Crippen LogP contribution < -0.4 is 10.2 Å². The molecule has 0 saturated carbocycles. The maximum atomic E-state index is 12.9. The highest BCUT2D eigenvalue weighted by Crippen LogP contribution is 2.25. The minimum absolute atomic E-state index is 0.133. The summed E-state index contributed by atoms with van der Waals surface area (Å²) >= 11 is 0. The fourth-order valence-electron chi connectivity index (χ4n) is 2.76. The summed E-state index contributed by atoms with van der Waals surface area (Å²) in [4.78, 5) is 11.7. The van der Waals surface area contributed by atoms with Crippen LogP contribution >= 0.6 is 0 Å². The maximum absolute atomic E-state index is 12.9. The zero-order valence-electron chi connectivity index (χ0n) is 14.6. The van der Waals surface area contributed by atoms with Crippen molar-refractivity contribution < 1.29 is 23.2 Å². The number of ether oxygens (including phenoxy) is 1. The van der Waals surface area contributed by atoms with Crippen LogP contribution in [0.1, 0.15) is 24.8 Å². The molecule has 1 atom stereocenters. The van der Waals surface area contributed by atoms with E-state index in [2.05, 4.69) is 0 Å². The second-order valence-corrected chi connectivity index (χ2v) is 8.19. The van der Waals surface area contributed by atoms with E-state index < -0.39 is 21.0 Å². The molecule has 6 nitrogen and oxygen atoms in total. The van der Waals surface area contributed by atoms with Crippen LogP contribution in [0.25, 0.3) is 0 Å². The molecule has 2 rings (SSSR count). The minimum Gasteiger partial charge on any atom is -0.497 e. The number of aryl methyl sites for hydroxylation is 1. The van der Waals surface area contributed by atoms with Gasteiger partial charge in [-0.15, -0.1) is 0 Å². The van der Waals surface area contributed by atoms with Gasteiger partial charge in [0, 0.05) is 6.42 Å². The van der Waals surface area contributed by atoms with Gasteiger partial charge in [0.05, 0.1) is 17.3 Å². The number of carbonyl (C=O) groups excluding carboxylic acids is 1. The Morgan fingerprint density at radius 1 is 1.12 bits per heavy atom. The number of sulfone groups is 1. The van der Waals surface area contributed by atoms with Gasteiger partial charge < -0.3 is 4.74 Å². The van der Waals surface area contributed by atoms with Crippen LogP contribution in [0.2, 0.25) is 0 Å². The molecule has 0 unspecified atom stereocenters. The Labute approximate surface area is 153 Å². The van der Waals surface area contributed by atoms with Gasteiger partial charge in [-0.05, 0) is 49.1 Å². The molecule has 0 spiro atoms.